The van der Waals surface area contributed by atoms with Crippen LogP contribution in [-0.4, -0.2) is 0 Å². The molecule has 0 aromatic heterocycles. The van der Waals surface area contributed by atoms with Crippen LogP contribution in [0, 0.1) is 0 Å². The summed E-state index contributed by atoms with van der Waals surface area (Å²) in [7, 11) is 0. The number of hydrogen-bond donors (Lipinski definition) is 1. The first-order chi connectivity index (χ1) is 7.81. The fraction of sp³-hybridized carbons (Fsp3) is 0.143. The van der Waals surface area contributed by atoms with Crippen molar-refractivity contribution in [2.75, 3.05) is 5.32 Å². The van der Waals surface area contributed by atoms with Gasteiger partial charge >= 0.3 is 0 Å². The molecule has 0 aliphatic carbocycles. The number of halogens is 1. The van der Waals surface area contributed by atoms with Crippen LogP contribution in [0.25, 0.3) is 0 Å². The Balaban J connectivity index is 2.31. The molecular formula is C14H14ClN. The molecule has 0 aliphatic heterocycles. The highest BCUT2D eigenvalue weighted by Gasteiger charge is 2.04. The lowest BCUT2D eigenvalue weighted by molar-refractivity contribution is 1.14. The van der Waals surface area contributed by atoms with Gasteiger partial charge in [-0.2, -0.15) is 0 Å². The summed E-state index contributed by atoms with van der Waals surface area (Å²) in [6.45, 7) is 2.11. The predicted molar refractivity (Wildman–Crippen MR) is 70.6 cm³/mol. The molecule has 1 N–H and O–H groups in total. The lowest BCUT2D eigenvalue weighted by Gasteiger charge is -2.12. The fourth-order valence-corrected chi connectivity index (χ4v) is 2.02. The third-order valence-corrected chi connectivity index (χ3v) is 2.88. The Hall–Kier alpha value is -1.47. The smallest absolute Gasteiger partial charge is 0.0458 e. The van der Waals surface area contributed by atoms with E-state index in [-0.39, 0.29) is 0 Å². The molecule has 0 spiro atoms. The topological polar surface area (TPSA) is 12.0 Å². The van der Waals surface area contributed by atoms with Crippen LogP contribution in [0.5, 0.6) is 0 Å². The number of benzene rings is 2. The van der Waals surface area contributed by atoms with Gasteiger partial charge in [0.1, 0.15) is 0 Å². The minimum atomic E-state index is 0.823. The van der Waals surface area contributed by atoms with Crippen LogP contribution < -0.4 is 5.32 Å². The molecule has 2 aromatic carbocycles. The average Bonchev–Trinajstić information content (AvgIpc) is 2.31. The van der Waals surface area contributed by atoms with Crippen LogP contribution in [0.1, 0.15) is 12.5 Å². The quantitative estimate of drug-likeness (QED) is 0.811. The second-order valence-corrected chi connectivity index (χ2v) is 4.02. The van der Waals surface area contributed by atoms with E-state index in [1.165, 1.54) is 0 Å². The van der Waals surface area contributed by atoms with Crippen molar-refractivity contribution >= 4 is 23.0 Å². The molecule has 0 aliphatic rings. The highest BCUT2D eigenvalue weighted by atomic mass is 35.5. The number of hydrogen-bond acceptors (Lipinski definition) is 1. The number of rotatable bonds is 3. The standard InChI is InChI=1S/C14H14ClN/c1-2-12-13(15)9-6-10-14(12)16-11-7-4-3-5-8-11/h3-10,16H,2H2,1H3. The van der Waals surface area contributed by atoms with Gasteiger partial charge in [-0.3, -0.25) is 0 Å². The lowest BCUT2D eigenvalue weighted by atomic mass is 10.1. The third-order valence-electron chi connectivity index (χ3n) is 2.53. The van der Waals surface area contributed by atoms with Crippen molar-refractivity contribution in [3.05, 3.63) is 59.1 Å². The molecule has 0 saturated heterocycles. The van der Waals surface area contributed by atoms with Crippen LogP contribution in [0.3, 0.4) is 0 Å². The van der Waals surface area contributed by atoms with Gasteiger partial charge in [0.2, 0.25) is 0 Å². The van der Waals surface area contributed by atoms with E-state index in [1.54, 1.807) is 0 Å². The van der Waals surface area contributed by atoms with Crippen molar-refractivity contribution in [1.29, 1.82) is 0 Å². The fourth-order valence-electron chi connectivity index (χ4n) is 1.71. The molecule has 2 aromatic rings. The van der Waals surface area contributed by atoms with Crippen LogP contribution in [0.4, 0.5) is 11.4 Å². The molecule has 0 saturated carbocycles. The van der Waals surface area contributed by atoms with Crippen molar-refractivity contribution in [2.24, 2.45) is 0 Å². The molecule has 2 heteroatoms. The largest absolute Gasteiger partial charge is 0.355 e. The Morgan fingerprint density at radius 2 is 1.75 bits per heavy atom. The molecule has 0 amide bonds. The van der Waals surface area contributed by atoms with E-state index in [2.05, 4.69) is 18.3 Å². The molecule has 82 valence electrons. The highest BCUT2D eigenvalue weighted by Crippen LogP contribution is 2.27. The Bertz CT molecular complexity index is 465. The molecule has 2 rings (SSSR count). The van der Waals surface area contributed by atoms with Crippen LogP contribution >= 0.6 is 11.6 Å². The van der Waals surface area contributed by atoms with Crippen molar-refractivity contribution < 1.29 is 0 Å². The van der Waals surface area contributed by atoms with E-state index >= 15 is 0 Å². The summed E-state index contributed by atoms with van der Waals surface area (Å²) in [5.41, 5.74) is 3.33. The molecule has 0 bridgehead atoms. The SMILES string of the molecule is CCc1c(Cl)cccc1Nc1ccccc1. The van der Waals surface area contributed by atoms with Gasteiger partial charge in [0.25, 0.3) is 0 Å². The Kier molecular flexibility index (Phi) is 3.47. The summed E-state index contributed by atoms with van der Waals surface area (Å²) in [5.74, 6) is 0. The van der Waals surface area contributed by atoms with Crippen LogP contribution in [-0.2, 0) is 6.42 Å². The number of para-hydroxylation sites is 1. The van der Waals surface area contributed by atoms with E-state index in [0.717, 1.165) is 28.4 Å². The van der Waals surface area contributed by atoms with Crippen molar-refractivity contribution in [1.82, 2.24) is 0 Å². The maximum atomic E-state index is 6.16. The van der Waals surface area contributed by atoms with Crippen LogP contribution in [0.2, 0.25) is 5.02 Å². The third kappa shape index (κ3) is 2.37. The van der Waals surface area contributed by atoms with Crippen LogP contribution in [0.15, 0.2) is 48.5 Å². The molecule has 0 fully saturated rings. The Labute approximate surface area is 101 Å². The maximum absolute atomic E-state index is 6.16. The summed E-state index contributed by atoms with van der Waals surface area (Å²) in [6.07, 6.45) is 0.925. The van der Waals surface area contributed by atoms with Gasteiger partial charge in [-0.05, 0) is 36.2 Å². The number of nitrogens with one attached hydrogen (secondary N) is 1. The van der Waals surface area contributed by atoms with E-state index in [0.29, 0.717) is 0 Å². The van der Waals surface area contributed by atoms with E-state index < -0.39 is 0 Å². The molecular weight excluding hydrogens is 218 g/mol. The first-order valence-corrected chi connectivity index (χ1v) is 5.78. The van der Waals surface area contributed by atoms with Crippen molar-refractivity contribution in [3.63, 3.8) is 0 Å². The second kappa shape index (κ2) is 5.04. The van der Waals surface area contributed by atoms with E-state index in [1.807, 2.05) is 42.5 Å². The van der Waals surface area contributed by atoms with Gasteiger partial charge in [-0.25, -0.2) is 0 Å². The highest BCUT2D eigenvalue weighted by molar-refractivity contribution is 6.31. The van der Waals surface area contributed by atoms with E-state index in [9.17, 15) is 0 Å². The number of anilines is 2. The monoisotopic (exact) mass is 231 g/mol. The van der Waals surface area contributed by atoms with Gasteiger partial charge in [0, 0.05) is 16.4 Å². The summed E-state index contributed by atoms with van der Waals surface area (Å²) in [5, 5.41) is 4.20. The van der Waals surface area contributed by atoms with Crippen molar-refractivity contribution in [3.8, 4) is 0 Å². The first kappa shape index (κ1) is 11.0. The van der Waals surface area contributed by atoms with Gasteiger partial charge in [0.05, 0.1) is 0 Å². The molecule has 16 heavy (non-hydrogen) atoms. The Morgan fingerprint density at radius 1 is 1.00 bits per heavy atom. The lowest BCUT2D eigenvalue weighted by Crippen LogP contribution is -1.95. The summed E-state index contributed by atoms with van der Waals surface area (Å²) < 4.78 is 0. The minimum Gasteiger partial charge on any atom is -0.355 e. The van der Waals surface area contributed by atoms with Gasteiger partial charge < -0.3 is 5.32 Å². The summed E-state index contributed by atoms with van der Waals surface area (Å²) in [6, 6.07) is 16.1. The molecule has 0 radical (unpaired) electrons. The predicted octanol–water partition coefficient (Wildman–Crippen LogP) is 4.65. The normalized spacial score (nSPS) is 10.1. The zero-order chi connectivity index (χ0) is 11.4. The first-order valence-electron chi connectivity index (χ1n) is 5.40. The molecule has 0 atom stereocenters. The zero-order valence-corrected chi connectivity index (χ0v) is 9.96. The Morgan fingerprint density at radius 3 is 2.44 bits per heavy atom. The van der Waals surface area contributed by atoms with E-state index in [4.69, 9.17) is 11.6 Å². The second-order valence-electron chi connectivity index (χ2n) is 3.61. The van der Waals surface area contributed by atoms with Crippen molar-refractivity contribution in [2.45, 2.75) is 13.3 Å². The zero-order valence-electron chi connectivity index (χ0n) is 9.20. The molecule has 1 nitrogen and oxygen atoms in total. The van der Waals surface area contributed by atoms with Gasteiger partial charge in [-0.15, -0.1) is 0 Å². The minimum absolute atomic E-state index is 0.823. The average molecular weight is 232 g/mol. The van der Waals surface area contributed by atoms with Gasteiger partial charge in [0.15, 0.2) is 0 Å². The molecule has 0 heterocycles. The summed E-state index contributed by atoms with van der Waals surface area (Å²) in [4.78, 5) is 0. The molecule has 0 unspecified atom stereocenters. The maximum Gasteiger partial charge on any atom is 0.0458 e. The van der Waals surface area contributed by atoms with Gasteiger partial charge in [-0.1, -0.05) is 42.8 Å². The summed E-state index contributed by atoms with van der Waals surface area (Å²) >= 11 is 6.16.